The SMILES string of the molecule is N#CCc1cc(Cl)c2sc(F)cc2c1. The van der Waals surface area contributed by atoms with Gasteiger partial charge in [0.1, 0.15) is 0 Å². The van der Waals surface area contributed by atoms with Gasteiger partial charge in [0.05, 0.1) is 22.2 Å². The van der Waals surface area contributed by atoms with E-state index in [0.29, 0.717) is 11.4 Å². The first-order valence-electron chi connectivity index (χ1n) is 3.95. The van der Waals surface area contributed by atoms with E-state index in [0.717, 1.165) is 27.0 Å². The van der Waals surface area contributed by atoms with Gasteiger partial charge in [-0.2, -0.15) is 9.65 Å². The highest BCUT2D eigenvalue weighted by Gasteiger charge is 2.06. The molecule has 0 N–H and O–H groups in total. The van der Waals surface area contributed by atoms with Crippen molar-refractivity contribution >= 4 is 33.0 Å². The summed E-state index contributed by atoms with van der Waals surface area (Å²) in [5.41, 5.74) is 0.822. The van der Waals surface area contributed by atoms with Crippen LogP contribution in [-0.4, -0.2) is 0 Å². The fraction of sp³-hybridized carbons (Fsp3) is 0.100. The lowest BCUT2D eigenvalue weighted by Crippen LogP contribution is -1.80. The Kier molecular flexibility index (Phi) is 2.40. The van der Waals surface area contributed by atoms with Gasteiger partial charge in [-0.1, -0.05) is 11.6 Å². The molecule has 0 aliphatic heterocycles. The second-order valence-electron chi connectivity index (χ2n) is 2.88. The average molecular weight is 226 g/mol. The quantitative estimate of drug-likeness (QED) is 0.725. The van der Waals surface area contributed by atoms with Crippen molar-refractivity contribution in [3.05, 3.63) is 33.9 Å². The van der Waals surface area contributed by atoms with Gasteiger partial charge in [-0.15, -0.1) is 11.3 Å². The molecule has 2 rings (SSSR count). The van der Waals surface area contributed by atoms with Crippen molar-refractivity contribution in [1.82, 2.24) is 0 Å². The van der Waals surface area contributed by atoms with Crippen LogP contribution < -0.4 is 0 Å². The summed E-state index contributed by atoms with van der Waals surface area (Å²) in [6.45, 7) is 0. The molecule has 0 aliphatic rings. The Bertz CT molecular complexity index is 527. The molecule has 0 spiro atoms. The van der Waals surface area contributed by atoms with Crippen LogP contribution in [0.25, 0.3) is 10.1 Å². The molecule has 1 heterocycles. The third-order valence-corrected chi connectivity index (χ3v) is 3.27. The molecule has 2 aromatic rings. The summed E-state index contributed by atoms with van der Waals surface area (Å²) in [7, 11) is 0. The van der Waals surface area contributed by atoms with Crippen molar-refractivity contribution in [1.29, 1.82) is 5.26 Å². The molecule has 1 aromatic carbocycles. The van der Waals surface area contributed by atoms with Gasteiger partial charge >= 0.3 is 0 Å². The van der Waals surface area contributed by atoms with Gasteiger partial charge in [0.2, 0.25) is 0 Å². The van der Waals surface area contributed by atoms with Gasteiger partial charge in [-0.05, 0) is 29.1 Å². The first kappa shape index (κ1) is 9.45. The van der Waals surface area contributed by atoms with Crippen LogP contribution in [0.4, 0.5) is 4.39 Å². The van der Waals surface area contributed by atoms with Crippen LogP contribution in [0.15, 0.2) is 18.2 Å². The molecular weight excluding hydrogens is 221 g/mol. The molecule has 0 fully saturated rings. The third-order valence-electron chi connectivity index (χ3n) is 1.88. The largest absolute Gasteiger partial charge is 0.198 e. The fourth-order valence-electron chi connectivity index (χ4n) is 1.33. The molecule has 0 saturated carbocycles. The van der Waals surface area contributed by atoms with Crippen molar-refractivity contribution in [2.75, 3.05) is 0 Å². The van der Waals surface area contributed by atoms with E-state index in [1.165, 1.54) is 6.07 Å². The molecule has 0 saturated heterocycles. The monoisotopic (exact) mass is 225 g/mol. The highest BCUT2D eigenvalue weighted by atomic mass is 35.5. The number of nitrogens with zero attached hydrogens (tertiary/aromatic N) is 1. The summed E-state index contributed by atoms with van der Waals surface area (Å²) in [6.07, 6.45) is 0.299. The maximum Gasteiger partial charge on any atom is 0.177 e. The number of halogens is 2. The first-order chi connectivity index (χ1) is 6.70. The van der Waals surface area contributed by atoms with Gasteiger partial charge < -0.3 is 0 Å². The van der Waals surface area contributed by atoms with Gasteiger partial charge in [-0.25, -0.2) is 0 Å². The number of hydrogen-bond donors (Lipinski definition) is 0. The average Bonchev–Trinajstić information content (AvgIpc) is 2.47. The number of thiophene rings is 1. The van der Waals surface area contributed by atoms with Crippen LogP contribution in [0, 0.1) is 16.5 Å². The van der Waals surface area contributed by atoms with Gasteiger partial charge in [0, 0.05) is 0 Å². The highest BCUT2D eigenvalue weighted by Crippen LogP contribution is 2.32. The Hall–Kier alpha value is -1.11. The second-order valence-corrected chi connectivity index (χ2v) is 4.29. The standard InChI is InChI=1S/C10H5ClFNS/c11-8-4-6(1-2-13)3-7-5-9(12)14-10(7)8/h3-5H,1H2. The molecule has 1 aromatic heterocycles. The summed E-state index contributed by atoms with van der Waals surface area (Å²) >= 11 is 6.97. The van der Waals surface area contributed by atoms with Gasteiger partial charge in [0.25, 0.3) is 0 Å². The van der Waals surface area contributed by atoms with Crippen LogP contribution in [0.5, 0.6) is 0 Å². The van der Waals surface area contributed by atoms with Crippen molar-refractivity contribution < 1.29 is 4.39 Å². The summed E-state index contributed by atoms with van der Waals surface area (Å²) < 4.78 is 13.7. The van der Waals surface area contributed by atoms with E-state index >= 15 is 0 Å². The van der Waals surface area contributed by atoms with Crippen molar-refractivity contribution in [2.24, 2.45) is 0 Å². The lowest BCUT2D eigenvalue weighted by atomic mass is 10.1. The Balaban J connectivity index is 2.66. The molecule has 0 amide bonds. The molecule has 0 radical (unpaired) electrons. The minimum atomic E-state index is -0.254. The second kappa shape index (κ2) is 3.56. The van der Waals surface area contributed by atoms with E-state index < -0.39 is 0 Å². The third kappa shape index (κ3) is 1.59. The van der Waals surface area contributed by atoms with Crippen LogP contribution in [0.1, 0.15) is 5.56 Å². The van der Waals surface area contributed by atoms with Crippen LogP contribution in [0.2, 0.25) is 5.02 Å². The summed E-state index contributed by atoms with van der Waals surface area (Å²) in [6, 6.07) is 6.98. The Labute approximate surface area is 89.3 Å². The summed E-state index contributed by atoms with van der Waals surface area (Å²) in [4.78, 5) is 0. The molecule has 1 nitrogen and oxygen atoms in total. The molecule has 0 atom stereocenters. The lowest BCUT2D eigenvalue weighted by molar-refractivity contribution is 0.658. The molecule has 0 unspecified atom stereocenters. The molecule has 70 valence electrons. The number of nitriles is 1. The minimum Gasteiger partial charge on any atom is -0.198 e. The minimum absolute atomic E-state index is 0.254. The smallest absolute Gasteiger partial charge is 0.177 e. The molecule has 0 aliphatic carbocycles. The van der Waals surface area contributed by atoms with Crippen LogP contribution in [-0.2, 0) is 6.42 Å². The molecule has 0 bridgehead atoms. The van der Waals surface area contributed by atoms with Crippen LogP contribution >= 0.6 is 22.9 Å². The Morgan fingerprint density at radius 1 is 1.43 bits per heavy atom. The van der Waals surface area contributed by atoms with Crippen LogP contribution in [0.3, 0.4) is 0 Å². The van der Waals surface area contributed by atoms with Gasteiger partial charge in [-0.3, -0.25) is 0 Å². The fourth-order valence-corrected chi connectivity index (χ4v) is 2.47. The van der Waals surface area contributed by atoms with Gasteiger partial charge in [0.15, 0.2) is 5.13 Å². The maximum atomic E-state index is 12.9. The van der Waals surface area contributed by atoms with E-state index in [-0.39, 0.29) is 5.13 Å². The molecule has 14 heavy (non-hydrogen) atoms. The normalized spacial score (nSPS) is 10.4. The zero-order valence-corrected chi connectivity index (χ0v) is 8.62. The zero-order valence-electron chi connectivity index (χ0n) is 7.05. The number of fused-ring (bicyclic) bond motifs is 1. The van der Waals surface area contributed by atoms with E-state index in [1.54, 1.807) is 12.1 Å². The molecular formula is C10H5ClFNS. The predicted molar refractivity (Wildman–Crippen MR) is 56.1 cm³/mol. The Morgan fingerprint density at radius 3 is 2.93 bits per heavy atom. The van der Waals surface area contributed by atoms with E-state index in [2.05, 4.69) is 0 Å². The topological polar surface area (TPSA) is 23.8 Å². The zero-order chi connectivity index (χ0) is 10.1. The van der Waals surface area contributed by atoms with Crippen molar-refractivity contribution in [3.63, 3.8) is 0 Å². The number of rotatable bonds is 1. The summed E-state index contributed by atoms with van der Waals surface area (Å²) in [5, 5.41) is 9.55. The first-order valence-corrected chi connectivity index (χ1v) is 5.14. The van der Waals surface area contributed by atoms with Crippen molar-refractivity contribution in [3.8, 4) is 6.07 Å². The van der Waals surface area contributed by atoms with E-state index in [1.807, 2.05) is 6.07 Å². The maximum absolute atomic E-state index is 12.9. The number of benzene rings is 1. The van der Waals surface area contributed by atoms with Crippen molar-refractivity contribution in [2.45, 2.75) is 6.42 Å². The highest BCUT2D eigenvalue weighted by molar-refractivity contribution is 7.18. The molecule has 4 heteroatoms. The van der Waals surface area contributed by atoms with E-state index in [9.17, 15) is 4.39 Å². The lowest BCUT2D eigenvalue weighted by Gasteiger charge is -1.97. The Morgan fingerprint density at radius 2 is 2.21 bits per heavy atom. The summed E-state index contributed by atoms with van der Waals surface area (Å²) in [5.74, 6) is 0. The predicted octanol–water partition coefficient (Wildman–Crippen LogP) is 3.76. The number of hydrogen-bond acceptors (Lipinski definition) is 2. The van der Waals surface area contributed by atoms with E-state index in [4.69, 9.17) is 16.9 Å².